The molecule has 0 aromatic heterocycles. The summed E-state index contributed by atoms with van der Waals surface area (Å²) in [6.07, 6.45) is 4.16. The molecule has 1 aliphatic carbocycles. The zero-order valence-corrected chi connectivity index (χ0v) is 14.6. The van der Waals surface area contributed by atoms with E-state index in [0.717, 1.165) is 31.2 Å². The summed E-state index contributed by atoms with van der Waals surface area (Å²) in [6.45, 7) is 3.24. The predicted octanol–water partition coefficient (Wildman–Crippen LogP) is 1.65. The van der Waals surface area contributed by atoms with Crippen LogP contribution in [0.1, 0.15) is 36.8 Å². The SMILES string of the molecule is COc1cc(C)c(S(=O)(=O)NCC(=O)NC2CCCC2)cc1C. The number of benzene rings is 1. The van der Waals surface area contributed by atoms with E-state index in [1.807, 2.05) is 0 Å². The van der Waals surface area contributed by atoms with Crippen LogP contribution in [0, 0.1) is 13.8 Å². The van der Waals surface area contributed by atoms with Crippen LogP contribution in [0.2, 0.25) is 0 Å². The van der Waals surface area contributed by atoms with Crippen molar-refractivity contribution in [2.24, 2.45) is 0 Å². The van der Waals surface area contributed by atoms with Crippen molar-refractivity contribution >= 4 is 15.9 Å². The number of sulfonamides is 1. The third kappa shape index (κ3) is 4.45. The van der Waals surface area contributed by atoms with Gasteiger partial charge in [-0.2, -0.15) is 0 Å². The van der Waals surface area contributed by atoms with Crippen molar-refractivity contribution in [3.8, 4) is 5.75 Å². The number of nitrogens with one attached hydrogen (secondary N) is 2. The predicted molar refractivity (Wildman–Crippen MR) is 88.1 cm³/mol. The monoisotopic (exact) mass is 340 g/mol. The van der Waals surface area contributed by atoms with E-state index in [-0.39, 0.29) is 23.4 Å². The van der Waals surface area contributed by atoms with Crippen molar-refractivity contribution in [2.45, 2.75) is 50.5 Å². The van der Waals surface area contributed by atoms with Crippen LogP contribution in [0.5, 0.6) is 5.75 Å². The van der Waals surface area contributed by atoms with Crippen molar-refractivity contribution in [3.05, 3.63) is 23.3 Å². The number of carbonyl (C=O) groups excluding carboxylic acids is 1. The largest absolute Gasteiger partial charge is 0.496 e. The molecular formula is C16H24N2O4S. The Kier molecular flexibility index (Phi) is 5.64. The Labute approximate surface area is 137 Å². The van der Waals surface area contributed by atoms with E-state index < -0.39 is 10.0 Å². The maximum atomic E-state index is 12.4. The van der Waals surface area contributed by atoms with Gasteiger partial charge in [0.1, 0.15) is 5.75 Å². The van der Waals surface area contributed by atoms with E-state index in [4.69, 9.17) is 4.74 Å². The van der Waals surface area contributed by atoms with Crippen LogP contribution >= 0.6 is 0 Å². The minimum atomic E-state index is -3.73. The molecule has 7 heteroatoms. The van der Waals surface area contributed by atoms with Gasteiger partial charge in [-0.25, -0.2) is 13.1 Å². The quantitative estimate of drug-likeness (QED) is 0.825. The third-order valence-corrected chi connectivity index (χ3v) is 5.67. The van der Waals surface area contributed by atoms with Crippen LogP contribution in [0.4, 0.5) is 0 Å². The van der Waals surface area contributed by atoms with Crippen LogP contribution in [-0.4, -0.2) is 34.0 Å². The van der Waals surface area contributed by atoms with E-state index in [0.29, 0.717) is 11.3 Å². The standard InChI is InChI=1S/C16H24N2O4S/c1-11-9-15(12(2)8-14(11)22-3)23(20,21)17-10-16(19)18-13-6-4-5-7-13/h8-9,13,17H,4-7,10H2,1-3H3,(H,18,19). The normalized spacial score (nSPS) is 15.6. The van der Waals surface area contributed by atoms with Crippen molar-refractivity contribution in [2.75, 3.05) is 13.7 Å². The number of methoxy groups -OCH3 is 1. The van der Waals surface area contributed by atoms with Gasteiger partial charge in [0.2, 0.25) is 15.9 Å². The molecule has 0 heterocycles. The minimum absolute atomic E-state index is 0.171. The third-order valence-electron chi connectivity index (χ3n) is 4.12. The van der Waals surface area contributed by atoms with Gasteiger partial charge >= 0.3 is 0 Å². The average molecular weight is 340 g/mol. The van der Waals surface area contributed by atoms with E-state index in [1.54, 1.807) is 33.1 Å². The Hall–Kier alpha value is -1.60. The number of hydrogen-bond acceptors (Lipinski definition) is 4. The van der Waals surface area contributed by atoms with Gasteiger partial charge in [-0.1, -0.05) is 12.8 Å². The molecule has 0 spiro atoms. The van der Waals surface area contributed by atoms with Crippen LogP contribution in [0.25, 0.3) is 0 Å². The molecular weight excluding hydrogens is 316 g/mol. The smallest absolute Gasteiger partial charge is 0.241 e. The van der Waals surface area contributed by atoms with E-state index in [1.165, 1.54) is 0 Å². The second kappa shape index (κ2) is 7.31. The Balaban J connectivity index is 2.04. The fraction of sp³-hybridized carbons (Fsp3) is 0.562. The molecule has 2 rings (SSSR count). The van der Waals surface area contributed by atoms with Crippen LogP contribution in [0.3, 0.4) is 0 Å². The average Bonchev–Trinajstić information content (AvgIpc) is 3.00. The van der Waals surface area contributed by atoms with Crippen molar-refractivity contribution in [1.82, 2.24) is 10.0 Å². The summed E-state index contributed by atoms with van der Waals surface area (Å²) < 4.78 is 32.4. The van der Waals surface area contributed by atoms with E-state index >= 15 is 0 Å². The van der Waals surface area contributed by atoms with Gasteiger partial charge in [0.25, 0.3) is 0 Å². The maximum Gasteiger partial charge on any atom is 0.241 e. The van der Waals surface area contributed by atoms with Gasteiger partial charge < -0.3 is 10.1 Å². The second-order valence-corrected chi connectivity index (χ2v) is 7.70. The van der Waals surface area contributed by atoms with E-state index in [9.17, 15) is 13.2 Å². The van der Waals surface area contributed by atoms with Crippen molar-refractivity contribution < 1.29 is 17.9 Å². The Morgan fingerprint density at radius 1 is 1.22 bits per heavy atom. The highest BCUT2D eigenvalue weighted by atomic mass is 32.2. The first kappa shape index (κ1) is 17.7. The molecule has 128 valence electrons. The van der Waals surface area contributed by atoms with Crippen molar-refractivity contribution in [1.29, 1.82) is 0 Å². The number of amides is 1. The molecule has 0 unspecified atom stereocenters. The molecule has 6 nitrogen and oxygen atoms in total. The summed E-state index contributed by atoms with van der Waals surface area (Å²) in [5.41, 5.74) is 1.31. The molecule has 1 fully saturated rings. The zero-order valence-electron chi connectivity index (χ0n) is 13.8. The molecule has 1 saturated carbocycles. The lowest BCUT2D eigenvalue weighted by Crippen LogP contribution is -2.41. The molecule has 1 aromatic carbocycles. The summed E-state index contributed by atoms with van der Waals surface area (Å²) >= 11 is 0. The number of carbonyl (C=O) groups is 1. The fourth-order valence-corrected chi connectivity index (χ4v) is 4.15. The molecule has 23 heavy (non-hydrogen) atoms. The Morgan fingerprint density at radius 3 is 2.48 bits per heavy atom. The van der Waals surface area contributed by atoms with Gasteiger partial charge in [-0.3, -0.25) is 4.79 Å². The number of aryl methyl sites for hydroxylation is 2. The molecule has 0 radical (unpaired) electrons. The fourth-order valence-electron chi connectivity index (χ4n) is 2.86. The van der Waals surface area contributed by atoms with Crippen LogP contribution in [0.15, 0.2) is 17.0 Å². The number of hydrogen-bond donors (Lipinski definition) is 2. The van der Waals surface area contributed by atoms with E-state index in [2.05, 4.69) is 10.0 Å². The summed E-state index contributed by atoms with van der Waals surface area (Å²) in [5.74, 6) is 0.351. The van der Waals surface area contributed by atoms with Gasteiger partial charge in [-0.05, 0) is 49.9 Å². The Bertz CT molecular complexity index is 680. The van der Waals surface area contributed by atoms with Gasteiger partial charge in [0.15, 0.2) is 0 Å². The van der Waals surface area contributed by atoms with Crippen LogP contribution < -0.4 is 14.8 Å². The molecule has 0 aliphatic heterocycles. The molecule has 0 bridgehead atoms. The summed E-state index contributed by atoms with van der Waals surface area (Å²) in [4.78, 5) is 12.0. The highest BCUT2D eigenvalue weighted by molar-refractivity contribution is 7.89. The zero-order chi connectivity index (χ0) is 17.0. The molecule has 2 N–H and O–H groups in total. The second-order valence-electron chi connectivity index (χ2n) is 5.96. The lowest BCUT2D eigenvalue weighted by molar-refractivity contribution is -0.120. The maximum absolute atomic E-state index is 12.4. The minimum Gasteiger partial charge on any atom is -0.496 e. The number of rotatable bonds is 6. The molecule has 0 atom stereocenters. The summed E-state index contributed by atoms with van der Waals surface area (Å²) in [5, 5.41) is 2.86. The van der Waals surface area contributed by atoms with Crippen molar-refractivity contribution in [3.63, 3.8) is 0 Å². The highest BCUT2D eigenvalue weighted by Crippen LogP contribution is 2.25. The van der Waals surface area contributed by atoms with Gasteiger partial charge in [-0.15, -0.1) is 0 Å². The lowest BCUT2D eigenvalue weighted by atomic mass is 10.1. The number of ether oxygens (including phenoxy) is 1. The van der Waals surface area contributed by atoms with Gasteiger partial charge in [0, 0.05) is 6.04 Å². The first-order valence-electron chi connectivity index (χ1n) is 7.78. The topological polar surface area (TPSA) is 84.5 Å². The molecule has 1 aromatic rings. The van der Waals surface area contributed by atoms with Crippen LogP contribution in [-0.2, 0) is 14.8 Å². The molecule has 1 aliphatic rings. The molecule has 1 amide bonds. The molecule has 0 saturated heterocycles. The Morgan fingerprint density at radius 2 is 1.87 bits per heavy atom. The lowest BCUT2D eigenvalue weighted by Gasteiger charge is -2.14. The summed E-state index contributed by atoms with van der Waals surface area (Å²) in [6, 6.07) is 3.42. The highest BCUT2D eigenvalue weighted by Gasteiger charge is 2.21. The first-order chi connectivity index (χ1) is 10.8. The summed E-state index contributed by atoms with van der Waals surface area (Å²) in [7, 11) is -2.19. The first-order valence-corrected chi connectivity index (χ1v) is 9.26. The van der Waals surface area contributed by atoms with Gasteiger partial charge in [0.05, 0.1) is 18.6 Å².